The Labute approximate surface area is 165 Å². The molecule has 0 spiro atoms. The average molecular weight is 438 g/mol. The van der Waals surface area contributed by atoms with E-state index in [2.05, 4.69) is 31.6 Å². The third-order valence-electron chi connectivity index (χ3n) is 3.53. The van der Waals surface area contributed by atoms with Gasteiger partial charge in [-0.25, -0.2) is 0 Å². The highest BCUT2D eigenvalue weighted by Crippen LogP contribution is 2.24. The lowest BCUT2D eigenvalue weighted by Gasteiger charge is -2.18. The molecule has 2 aromatic carbocycles. The number of nitrogens with one attached hydrogen (secondary N) is 2. The van der Waals surface area contributed by atoms with E-state index in [1.54, 1.807) is 7.05 Å². The Morgan fingerprint density at radius 2 is 1.85 bits per heavy atom. The monoisotopic (exact) mass is 437 g/mol. The van der Waals surface area contributed by atoms with E-state index in [9.17, 15) is 4.21 Å². The molecule has 2 N–H and O–H groups in total. The van der Waals surface area contributed by atoms with Crippen LogP contribution in [0.4, 0.5) is 0 Å². The summed E-state index contributed by atoms with van der Waals surface area (Å²) in [4.78, 5) is 5.03. The maximum absolute atomic E-state index is 12.2. The molecule has 0 aromatic heterocycles. The van der Waals surface area contributed by atoms with Crippen LogP contribution in [0, 0.1) is 0 Å². The lowest BCUT2D eigenvalue weighted by molar-refractivity contribution is 0.222. The van der Waals surface area contributed by atoms with E-state index in [0.29, 0.717) is 24.8 Å². The number of para-hydroxylation sites is 1. The predicted molar refractivity (Wildman–Crippen MR) is 111 cm³/mol. The summed E-state index contributed by atoms with van der Waals surface area (Å²) in [6.45, 7) is 3.16. The Kier molecular flexibility index (Phi) is 8.64. The second-order valence-electron chi connectivity index (χ2n) is 5.60. The van der Waals surface area contributed by atoms with Crippen LogP contribution in [0.5, 0.6) is 5.75 Å². The maximum atomic E-state index is 12.2. The van der Waals surface area contributed by atoms with Crippen LogP contribution in [0.15, 0.2) is 69.0 Å². The summed E-state index contributed by atoms with van der Waals surface area (Å²) in [6.07, 6.45) is -0.0364. The van der Waals surface area contributed by atoms with Gasteiger partial charge >= 0.3 is 0 Å². The van der Waals surface area contributed by atoms with E-state index in [1.807, 2.05) is 61.5 Å². The molecule has 0 aliphatic heterocycles. The van der Waals surface area contributed by atoms with Gasteiger partial charge in [0.2, 0.25) is 0 Å². The minimum absolute atomic E-state index is 0.0364. The second-order valence-corrected chi connectivity index (χ2v) is 8.03. The van der Waals surface area contributed by atoms with Gasteiger partial charge in [-0.2, -0.15) is 0 Å². The van der Waals surface area contributed by atoms with Gasteiger partial charge in [-0.3, -0.25) is 9.20 Å². The molecule has 140 valence electrons. The maximum Gasteiger partial charge on any atom is 0.191 e. The molecular weight excluding hydrogens is 414 g/mol. The van der Waals surface area contributed by atoms with Crippen molar-refractivity contribution in [1.29, 1.82) is 0 Å². The molecule has 0 saturated heterocycles. The Bertz CT molecular complexity index is 741. The largest absolute Gasteiger partial charge is 0.488 e. The molecule has 0 heterocycles. The molecule has 0 fully saturated rings. The molecule has 0 amide bonds. The van der Waals surface area contributed by atoms with Gasteiger partial charge in [-0.05, 0) is 47.1 Å². The van der Waals surface area contributed by atoms with Gasteiger partial charge in [0, 0.05) is 24.2 Å². The smallest absolute Gasteiger partial charge is 0.191 e. The first kappa shape index (κ1) is 20.5. The van der Waals surface area contributed by atoms with Crippen molar-refractivity contribution in [2.24, 2.45) is 4.99 Å². The number of aliphatic imine (C=N–C) groups is 1. The molecular formula is C19H24BrN3O2S. The van der Waals surface area contributed by atoms with E-state index in [1.165, 1.54) is 0 Å². The highest BCUT2D eigenvalue weighted by molar-refractivity contribution is 9.10. The normalized spacial score (nSPS) is 13.7. The number of benzene rings is 2. The Morgan fingerprint density at radius 3 is 2.54 bits per heavy atom. The first-order valence-corrected chi connectivity index (χ1v) is 10.5. The molecule has 5 nitrogen and oxygen atoms in total. The molecule has 0 saturated carbocycles. The van der Waals surface area contributed by atoms with Crippen LogP contribution < -0.4 is 15.4 Å². The third kappa shape index (κ3) is 6.80. The average Bonchev–Trinajstić information content (AvgIpc) is 2.67. The fraction of sp³-hybridized carbons (Fsp3) is 0.316. The van der Waals surface area contributed by atoms with Crippen LogP contribution in [0.3, 0.4) is 0 Å². The van der Waals surface area contributed by atoms with Crippen molar-refractivity contribution in [2.75, 3.05) is 25.9 Å². The minimum atomic E-state index is -1.02. The van der Waals surface area contributed by atoms with Gasteiger partial charge in [-0.1, -0.05) is 30.3 Å². The van der Waals surface area contributed by atoms with Gasteiger partial charge in [0.05, 0.1) is 21.8 Å². The number of ether oxygens (including phenoxy) is 1. The van der Waals surface area contributed by atoms with Crippen LogP contribution in [0.1, 0.15) is 6.92 Å². The Hall–Kier alpha value is -1.86. The SMILES string of the molecule is CN=C(NCCS(=O)c1ccccc1)NCC(C)Oc1ccccc1Br. The van der Waals surface area contributed by atoms with Crippen LogP contribution in [0.2, 0.25) is 0 Å². The number of hydrogen-bond acceptors (Lipinski definition) is 3. The fourth-order valence-corrected chi connectivity index (χ4v) is 3.57. The number of hydrogen-bond donors (Lipinski definition) is 2. The lowest BCUT2D eigenvalue weighted by atomic mass is 10.3. The van der Waals surface area contributed by atoms with E-state index in [0.717, 1.165) is 15.1 Å². The van der Waals surface area contributed by atoms with Gasteiger partial charge < -0.3 is 15.4 Å². The molecule has 2 aromatic rings. The lowest BCUT2D eigenvalue weighted by Crippen LogP contribution is -2.43. The van der Waals surface area contributed by atoms with Crippen molar-refractivity contribution >= 4 is 32.7 Å². The van der Waals surface area contributed by atoms with E-state index < -0.39 is 10.8 Å². The molecule has 0 radical (unpaired) electrons. The van der Waals surface area contributed by atoms with Crippen molar-refractivity contribution in [3.8, 4) is 5.75 Å². The summed E-state index contributed by atoms with van der Waals surface area (Å²) in [6, 6.07) is 17.2. The molecule has 26 heavy (non-hydrogen) atoms. The number of rotatable bonds is 8. The zero-order valence-electron chi connectivity index (χ0n) is 14.9. The number of nitrogens with zero attached hydrogens (tertiary/aromatic N) is 1. The quantitative estimate of drug-likeness (QED) is 0.491. The van der Waals surface area contributed by atoms with Gasteiger partial charge in [0.15, 0.2) is 5.96 Å². The molecule has 0 aliphatic rings. The second kappa shape index (κ2) is 11.0. The first-order valence-electron chi connectivity index (χ1n) is 8.39. The molecule has 2 unspecified atom stereocenters. The molecule has 0 bridgehead atoms. The number of guanidine groups is 1. The summed E-state index contributed by atoms with van der Waals surface area (Å²) in [5.41, 5.74) is 0. The molecule has 0 aliphatic carbocycles. The van der Waals surface area contributed by atoms with Crippen LogP contribution in [-0.2, 0) is 10.8 Å². The molecule has 2 atom stereocenters. The summed E-state index contributed by atoms with van der Waals surface area (Å²) < 4.78 is 19.0. The molecule has 2 rings (SSSR count). The number of halogens is 1. The standard InChI is InChI=1S/C19H24BrN3O2S/c1-15(25-18-11-7-6-10-17(18)20)14-23-19(21-2)22-12-13-26(24)16-8-4-3-5-9-16/h3-11,15H,12-14H2,1-2H3,(H2,21,22,23). The fourth-order valence-electron chi connectivity index (χ4n) is 2.21. The van der Waals surface area contributed by atoms with E-state index >= 15 is 0 Å². The van der Waals surface area contributed by atoms with Crippen molar-refractivity contribution in [1.82, 2.24) is 10.6 Å². The van der Waals surface area contributed by atoms with Gasteiger partial charge in [0.25, 0.3) is 0 Å². The van der Waals surface area contributed by atoms with Gasteiger partial charge in [-0.15, -0.1) is 0 Å². The van der Waals surface area contributed by atoms with Crippen LogP contribution in [-0.4, -0.2) is 42.2 Å². The third-order valence-corrected chi connectivity index (χ3v) is 5.56. The summed E-state index contributed by atoms with van der Waals surface area (Å²) in [5, 5.41) is 6.40. The van der Waals surface area contributed by atoms with Crippen molar-refractivity contribution in [2.45, 2.75) is 17.9 Å². The van der Waals surface area contributed by atoms with Crippen LogP contribution >= 0.6 is 15.9 Å². The van der Waals surface area contributed by atoms with Crippen molar-refractivity contribution in [3.63, 3.8) is 0 Å². The zero-order valence-corrected chi connectivity index (χ0v) is 17.3. The molecule has 7 heteroatoms. The van der Waals surface area contributed by atoms with Gasteiger partial charge in [0.1, 0.15) is 11.9 Å². The Morgan fingerprint density at radius 1 is 1.15 bits per heavy atom. The summed E-state index contributed by atoms with van der Waals surface area (Å²) >= 11 is 3.48. The zero-order chi connectivity index (χ0) is 18.8. The summed E-state index contributed by atoms with van der Waals surface area (Å²) in [5.74, 6) is 1.99. The summed E-state index contributed by atoms with van der Waals surface area (Å²) in [7, 11) is 0.692. The highest BCUT2D eigenvalue weighted by atomic mass is 79.9. The van der Waals surface area contributed by atoms with Crippen molar-refractivity contribution < 1.29 is 8.95 Å². The van der Waals surface area contributed by atoms with E-state index in [-0.39, 0.29) is 6.10 Å². The topological polar surface area (TPSA) is 62.7 Å². The highest BCUT2D eigenvalue weighted by Gasteiger charge is 2.08. The predicted octanol–water partition coefficient (Wildman–Crippen LogP) is 3.19. The van der Waals surface area contributed by atoms with E-state index in [4.69, 9.17) is 4.74 Å². The first-order chi connectivity index (χ1) is 12.6. The Balaban J connectivity index is 1.72. The van der Waals surface area contributed by atoms with Crippen molar-refractivity contribution in [3.05, 3.63) is 59.1 Å². The van der Waals surface area contributed by atoms with Crippen LogP contribution in [0.25, 0.3) is 0 Å². The minimum Gasteiger partial charge on any atom is -0.488 e.